The number of aromatic carboxylic acids is 1. The van der Waals surface area contributed by atoms with Gasteiger partial charge in [-0.2, -0.15) is 4.98 Å². The van der Waals surface area contributed by atoms with Gasteiger partial charge in [0.2, 0.25) is 5.82 Å². The molecule has 1 aliphatic carbocycles. The van der Waals surface area contributed by atoms with Crippen molar-refractivity contribution >= 4 is 11.5 Å². The first-order valence-corrected chi connectivity index (χ1v) is 9.73. The lowest BCUT2D eigenvalue weighted by atomic mass is 9.73. The van der Waals surface area contributed by atoms with Crippen LogP contribution in [0.1, 0.15) is 56.3 Å². The zero-order chi connectivity index (χ0) is 19.9. The summed E-state index contributed by atoms with van der Waals surface area (Å²) in [5.41, 5.74) is 5.06. The predicted molar refractivity (Wildman–Crippen MR) is 107 cm³/mol. The Morgan fingerprint density at radius 3 is 2.71 bits per heavy atom. The summed E-state index contributed by atoms with van der Waals surface area (Å²) in [6.45, 7) is 8.69. The molecule has 6 heteroatoms. The van der Waals surface area contributed by atoms with Crippen LogP contribution in [-0.4, -0.2) is 39.2 Å². The summed E-state index contributed by atoms with van der Waals surface area (Å²) >= 11 is 0. The van der Waals surface area contributed by atoms with Gasteiger partial charge < -0.3 is 14.5 Å². The summed E-state index contributed by atoms with van der Waals surface area (Å²) in [5, 5.41) is 13.2. The molecule has 0 unspecified atom stereocenters. The molecule has 0 bridgehead atoms. The third-order valence-electron chi connectivity index (χ3n) is 5.70. The Labute approximate surface area is 164 Å². The standard InChI is InChI=1S/C22H25N3O3/c1-4-25-12-10-17(16-9-11-22(2,3)13-18(16)25)20-23-19(24-28-20)14-5-7-15(8-6-14)21(26)27/h5-8,10H,4,9,11-13H2,1-3H3,(H,26,27). The fourth-order valence-electron chi connectivity index (χ4n) is 4.03. The van der Waals surface area contributed by atoms with Gasteiger partial charge in [-0.05, 0) is 49.3 Å². The summed E-state index contributed by atoms with van der Waals surface area (Å²) in [6, 6.07) is 6.52. The SMILES string of the molecule is CCN1CC=C(c2nc(-c3ccc(C(=O)O)cc3)no2)C2=C1CC(C)(C)CC2. The lowest BCUT2D eigenvalue weighted by Gasteiger charge is -2.41. The molecule has 0 atom stereocenters. The number of carboxylic acid groups (broad SMARTS) is 1. The lowest BCUT2D eigenvalue weighted by Crippen LogP contribution is -2.33. The smallest absolute Gasteiger partial charge is 0.335 e. The molecular weight excluding hydrogens is 354 g/mol. The summed E-state index contributed by atoms with van der Waals surface area (Å²) in [6.07, 6.45) is 5.39. The quantitative estimate of drug-likeness (QED) is 0.835. The van der Waals surface area contributed by atoms with Crippen LogP contribution < -0.4 is 0 Å². The highest BCUT2D eigenvalue weighted by molar-refractivity contribution is 5.88. The van der Waals surface area contributed by atoms with Crippen LogP contribution in [0.2, 0.25) is 0 Å². The molecule has 4 rings (SSSR count). The second kappa shape index (κ2) is 6.93. The van der Waals surface area contributed by atoms with Crippen LogP contribution in [-0.2, 0) is 0 Å². The van der Waals surface area contributed by atoms with E-state index < -0.39 is 5.97 Å². The molecule has 1 aromatic carbocycles. The molecule has 146 valence electrons. The van der Waals surface area contributed by atoms with Crippen LogP contribution in [0.4, 0.5) is 0 Å². The minimum Gasteiger partial charge on any atom is -0.478 e. The Balaban J connectivity index is 1.66. The van der Waals surface area contributed by atoms with Crippen molar-refractivity contribution in [3.05, 3.63) is 53.1 Å². The molecule has 0 radical (unpaired) electrons. The Bertz CT molecular complexity index is 967. The summed E-state index contributed by atoms with van der Waals surface area (Å²) in [4.78, 5) is 18.1. The molecule has 1 N–H and O–H groups in total. The highest BCUT2D eigenvalue weighted by Crippen LogP contribution is 2.45. The fraction of sp³-hybridized carbons (Fsp3) is 0.409. The third kappa shape index (κ3) is 3.35. The largest absolute Gasteiger partial charge is 0.478 e. The lowest BCUT2D eigenvalue weighted by molar-refractivity contribution is 0.0697. The molecular formula is C22H25N3O3. The monoisotopic (exact) mass is 379 g/mol. The normalized spacial score (nSPS) is 18.7. The number of likely N-dealkylation sites (N-methyl/N-ethyl adjacent to an activating group) is 1. The Hall–Kier alpha value is -2.89. The molecule has 2 aliphatic rings. The molecule has 1 aromatic heterocycles. The molecule has 2 heterocycles. The molecule has 0 fully saturated rings. The second-order valence-corrected chi connectivity index (χ2v) is 8.23. The Morgan fingerprint density at radius 2 is 2.04 bits per heavy atom. The van der Waals surface area contributed by atoms with Crippen molar-refractivity contribution in [2.45, 2.75) is 40.0 Å². The Kier molecular flexibility index (Phi) is 4.57. The van der Waals surface area contributed by atoms with Gasteiger partial charge in [-0.1, -0.05) is 37.2 Å². The number of carboxylic acids is 1. The number of aromatic nitrogens is 2. The van der Waals surface area contributed by atoms with Crippen LogP contribution in [0.25, 0.3) is 17.0 Å². The number of nitrogens with zero attached hydrogens (tertiary/aromatic N) is 3. The first kappa shape index (κ1) is 18.5. The van der Waals surface area contributed by atoms with E-state index in [1.165, 1.54) is 11.3 Å². The van der Waals surface area contributed by atoms with Crippen molar-refractivity contribution in [3.63, 3.8) is 0 Å². The van der Waals surface area contributed by atoms with Crippen molar-refractivity contribution < 1.29 is 14.4 Å². The van der Waals surface area contributed by atoms with E-state index in [0.717, 1.165) is 43.5 Å². The maximum atomic E-state index is 11.0. The zero-order valence-corrected chi connectivity index (χ0v) is 16.5. The highest BCUT2D eigenvalue weighted by atomic mass is 16.5. The second-order valence-electron chi connectivity index (χ2n) is 8.23. The van der Waals surface area contributed by atoms with E-state index in [2.05, 4.69) is 41.9 Å². The van der Waals surface area contributed by atoms with Gasteiger partial charge in [-0.15, -0.1) is 0 Å². The predicted octanol–water partition coefficient (Wildman–Crippen LogP) is 4.62. The van der Waals surface area contributed by atoms with E-state index in [4.69, 9.17) is 9.63 Å². The number of hydrogen-bond donors (Lipinski definition) is 1. The Morgan fingerprint density at radius 1 is 1.29 bits per heavy atom. The maximum Gasteiger partial charge on any atom is 0.335 e. The van der Waals surface area contributed by atoms with E-state index in [1.807, 2.05) is 0 Å². The molecule has 0 amide bonds. The number of benzene rings is 1. The number of hydrogen-bond acceptors (Lipinski definition) is 5. The minimum absolute atomic E-state index is 0.238. The van der Waals surface area contributed by atoms with Crippen LogP contribution in [0.15, 0.2) is 46.1 Å². The van der Waals surface area contributed by atoms with Crippen molar-refractivity contribution in [3.8, 4) is 11.4 Å². The molecule has 6 nitrogen and oxygen atoms in total. The molecule has 0 saturated carbocycles. The van der Waals surface area contributed by atoms with Crippen LogP contribution in [0, 0.1) is 5.41 Å². The average molecular weight is 379 g/mol. The van der Waals surface area contributed by atoms with Crippen molar-refractivity contribution in [2.24, 2.45) is 5.41 Å². The number of allylic oxidation sites excluding steroid dienone is 3. The van der Waals surface area contributed by atoms with Gasteiger partial charge in [0.15, 0.2) is 0 Å². The van der Waals surface area contributed by atoms with Crippen LogP contribution >= 0.6 is 0 Å². The van der Waals surface area contributed by atoms with Gasteiger partial charge in [0.05, 0.1) is 5.56 Å². The van der Waals surface area contributed by atoms with Gasteiger partial charge in [-0.25, -0.2) is 4.79 Å². The van der Waals surface area contributed by atoms with Crippen LogP contribution in [0.3, 0.4) is 0 Å². The van der Waals surface area contributed by atoms with Gasteiger partial charge in [0.25, 0.3) is 5.89 Å². The molecule has 2 aromatic rings. The van der Waals surface area contributed by atoms with Gasteiger partial charge in [0, 0.05) is 29.9 Å². The first-order valence-electron chi connectivity index (χ1n) is 9.73. The highest BCUT2D eigenvalue weighted by Gasteiger charge is 2.34. The van der Waals surface area contributed by atoms with Crippen molar-refractivity contribution in [1.82, 2.24) is 15.0 Å². The first-order chi connectivity index (χ1) is 13.4. The van der Waals surface area contributed by atoms with Crippen molar-refractivity contribution in [2.75, 3.05) is 13.1 Å². The van der Waals surface area contributed by atoms with E-state index >= 15 is 0 Å². The third-order valence-corrected chi connectivity index (χ3v) is 5.70. The van der Waals surface area contributed by atoms with E-state index in [1.54, 1.807) is 24.3 Å². The van der Waals surface area contributed by atoms with Gasteiger partial charge in [0.1, 0.15) is 0 Å². The number of rotatable bonds is 4. The van der Waals surface area contributed by atoms with E-state index in [9.17, 15) is 4.79 Å². The van der Waals surface area contributed by atoms with Crippen molar-refractivity contribution in [1.29, 1.82) is 0 Å². The molecule has 0 spiro atoms. The number of carbonyl (C=O) groups is 1. The van der Waals surface area contributed by atoms with Gasteiger partial charge in [-0.3, -0.25) is 0 Å². The molecule has 28 heavy (non-hydrogen) atoms. The zero-order valence-electron chi connectivity index (χ0n) is 16.5. The maximum absolute atomic E-state index is 11.0. The fourth-order valence-corrected chi connectivity index (χ4v) is 4.03. The topological polar surface area (TPSA) is 79.5 Å². The van der Waals surface area contributed by atoms with Crippen LogP contribution in [0.5, 0.6) is 0 Å². The summed E-state index contributed by atoms with van der Waals surface area (Å²) in [7, 11) is 0. The van der Waals surface area contributed by atoms with Gasteiger partial charge >= 0.3 is 5.97 Å². The molecule has 0 saturated heterocycles. The van der Waals surface area contributed by atoms with E-state index in [0.29, 0.717) is 17.1 Å². The average Bonchev–Trinajstić information content (AvgIpc) is 3.16. The summed E-state index contributed by atoms with van der Waals surface area (Å²) in [5.74, 6) is 0.0669. The van der Waals surface area contributed by atoms with E-state index in [-0.39, 0.29) is 5.56 Å². The minimum atomic E-state index is -0.951. The summed E-state index contributed by atoms with van der Waals surface area (Å²) < 4.78 is 5.61. The molecule has 1 aliphatic heterocycles.